The number of guanidine groups is 1. The molecule has 1 aromatic rings. The summed E-state index contributed by atoms with van der Waals surface area (Å²) in [7, 11) is 1.77. The molecule has 1 unspecified atom stereocenters. The van der Waals surface area contributed by atoms with E-state index in [2.05, 4.69) is 46.3 Å². The van der Waals surface area contributed by atoms with Gasteiger partial charge in [0, 0.05) is 58.4 Å². The minimum atomic E-state index is 0.193. The number of aliphatic imine (C=N–C) groups is 1. The number of nitrogens with one attached hydrogen (secondary N) is 2. The number of aromatic nitrogens is 1. The summed E-state index contributed by atoms with van der Waals surface area (Å²) in [5.41, 5.74) is 0. The van der Waals surface area contributed by atoms with E-state index in [0.29, 0.717) is 19.0 Å². The summed E-state index contributed by atoms with van der Waals surface area (Å²) in [6, 6.07) is 6.31. The van der Waals surface area contributed by atoms with Crippen molar-refractivity contribution in [3.05, 3.63) is 24.4 Å². The zero-order valence-electron chi connectivity index (χ0n) is 18.5. The fraction of sp³-hybridized carbons (Fsp3) is 0.682. The molecule has 1 aliphatic rings. The summed E-state index contributed by atoms with van der Waals surface area (Å²) in [5.74, 6) is 2.70. The minimum absolute atomic E-state index is 0.193. The monoisotopic (exact) mass is 402 g/mol. The Labute approximate surface area is 176 Å². The first-order valence-electron chi connectivity index (χ1n) is 10.9. The number of piperazine rings is 1. The summed E-state index contributed by atoms with van der Waals surface area (Å²) in [6.07, 6.45) is 5.88. The zero-order valence-corrected chi connectivity index (χ0v) is 18.5. The molecule has 1 atom stereocenters. The van der Waals surface area contributed by atoms with Gasteiger partial charge in [-0.2, -0.15) is 0 Å². The zero-order chi connectivity index (χ0) is 21.1. The van der Waals surface area contributed by atoms with Crippen LogP contribution in [0.25, 0.3) is 0 Å². The Morgan fingerprint density at radius 1 is 1.17 bits per heavy atom. The van der Waals surface area contributed by atoms with Crippen molar-refractivity contribution in [2.45, 2.75) is 52.5 Å². The summed E-state index contributed by atoms with van der Waals surface area (Å²) >= 11 is 0. The number of amides is 1. The molecule has 7 heteroatoms. The lowest BCUT2D eigenvalue weighted by atomic mass is 10.0. The van der Waals surface area contributed by atoms with Crippen molar-refractivity contribution in [3.8, 4) is 0 Å². The van der Waals surface area contributed by atoms with Gasteiger partial charge in [-0.3, -0.25) is 9.79 Å². The van der Waals surface area contributed by atoms with Gasteiger partial charge >= 0.3 is 0 Å². The van der Waals surface area contributed by atoms with Gasteiger partial charge in [-0.05, 0) is 31.4 Å². The third kappa shape index (κ3) is 8.30. The molecule has 0 saturated carbocycles. The molecule has 0 spiro atoms. The lowest BCUT2D eigenvalue weighted by molar-refractivity contribution is -0.131. The smallest absolute Gasteiger partial charge is 0.224 e. The first kappa shape index (κ1) is 23.0. The molecule has 0 radical (unpaired) electrons. The largest absolute Gasteiger partial charge is 0.356 e. The molecule has 2 rings (SSSR count). The second kappa shape index (κ2) is 12.3. The molecule has 7 nitrogen and oxygen atoms in total. The average Bonchev–Trinajstić information content (AvgIpc) is 2.73. The molecule has 1 amide bonds. The van der Waals surface area contributed by atoms with Crippen molar-refractivity contribution in [1.82, 2.24) is 20.5 Å². The lowest BCUT2D eigenvalue weighted by Gasteiger charge is -2.35. The highest BCUT2D eigenvalue weighted by Gasteiger charge is 2.21. The Bertz CT molecular complexity index is 625. The first-order valence-corrected chi connectivity index (χ1v) is 10.9. The summed E-state index contributed by atoms with van der Waals surface area (Å²) in [4.78, 5) is 25.4. The summed E-state index contributed by atoms with van der Waals surface area (Å²) in [6.45, 7) is 10.4. The highest BCUT2D eigenvalue weighted by molar-refractivity contribution is 5.81. The summed E-state index contributed by atoms with van der Waals surface area (Å²) in [5, 5.41) is 6.69. The topological polar surface area (TPSA) is 72.9 Å². The molecular formula is C22H38N6O. The van der Waals surface area contributed by atoms with Gasteiger partial charge in [0.05, 0.1) is 0 Å². The maximum atomic E-state index is 12.5. The van der Waals surface area contributed by atoms with Crippen molar-refractivity contribution in [3.63, 3.8) is 0 Å². The molecule has 0 aromatic carbocycles. The number of nitrogens with zero attached hydrogens (tertiary/aromatic N) is 4. The van der Waals surface area contributed by atoms with Crippen LogP contribution in [-0.2, 0) is 4.79 Å². The molecule has 162 valence electrons. The van der Waals surface area contributed by atoms with Gasteiger partial charge in [0.25, 0.3) is 0 Å². The molecule has 1 fully saturated rings. The predicted octanol–water partition coefficient (Wildman–Crippen LogP) is 2.50. The Balaban J connectivity index is 1.64. The van der Waals surface area contributed by atoms with E-state index in [1.54, 1.807) is 7.05 Å². The van der Waals surface area contributed by atoms with Gasteiger partial charge in [-0.25, -0.2) is 4.98 Å². The van der Waals surface area contributed by atoms with Gasteiger partial charge in [-0.1, -0.05) is 32.8 Å². The molecular weight excluding hydrogens is 364 g/mol. The van der Waals surface area contributed by atoms with Crippen LogP contribution in [0.2, 0.25) is 0 Å². The van der Waals surface area contributed by atoms with Crippen LogP contribution in [0, 0.1) is 5.92 Å². The van der Waals surface area contributed by atoms with Crippen molar-refractivity contribution in [2.75, 3.05) is 44.7 Å². The van der Waals surface area contributed by atoms with Gasteiger partial charge in [0.15, 0.2) is 5.96 Å². The van der Waals surface area contributed by atoms with Crippen LogP contribution in [0.3, 0.4) is 0 Å². The molecule has 1 saturated heterocycles. The van der Waals surface area contributed by atoms with Crippen molar-refractivity contribution < 1.29 is 4.79 Å². The van der Waals surface area contributed by atoms with Gasteiger partial charge in [0.1, 0.15) is 5.82 Å². The van der Waals surface area contributed by atoms with Crippen LogP contribution in [0.15, 0.2) is 29.4 Å². The third-order valence-corrected chi connectivity index (χ3v) is 5.26. The van der Waals surface area contributed by atoms with Crippen LogP contribution < -0.4 is 15.5 Å². The van der Waals surface area contributed by atoms with E-state index in [-0.39, 0.29) is 5.91 Å². The molecule has 1 aromatic heterocycles. The quantitative estimate of drug-likeness (QED) is 0.490. The number of anilines is 1. The predicted molar refractivity (Wildman–Crippen MR) is 120 cm³/mol. The number of rotatable bonds is 9. The Hall–Kier alpha value is -2.31. The third-order valence-electron chi connectivity index (χ3n) is 5.26. The van der Waals surface area contributed by atoms with E-state index in [1.165, 1.54) is 12.8 Å². The molecule has 2 N–H and O–H groups in total. The number of pyridine rings is 1. The standard InChI is InChI=1S/C22H38N6O/c1-18(2)8-7-9-19(3)26-22(23-4)25-13-11-21(29)28-16-14-27(15-17-28)20-10-5-6-12-24-20/h5-6,10,12,18-19H,7-9,11,13-17H2,1-4H3,(H2,23,25,26). The average molecular weight is 403 g/mol. The molecule has 2 heterocycles. The van der Waals surface area contributed by atoms with E-state index in [4.69, 9.17) is 0 Å². The minimum Gasteiger partial charge on any atom is -0.356 e. The fourth-order valence-electron chi connectivity index (χ4n) is 3.50. The van der Waals surface area contributed by atoms with Crippen molar-refractivity contribution in [2.24, 2.45) is 10.9 Å². The molecule has 0 aliphatic carbocycles. The highest BCUT2D eigenvalue weighted by atomic mass is 16.2. The van der Waals surface area contributed by atoms with Gasteiger partial charge < -0.3 is 20.4 Å². The molecule has 0 bridgehead atoms. The number of carbonyl (C=O) groups excluding carboxylic acids is 1. The Morgan fingerprint density at radius 2 is 1.93 bits per heavy atom. The second-order valence-electron chi connectivity index (χ2n) is 8.17. The maximum Gasteiger partial charge on any atom is 0.224 e. The van der Waals surface area contributed by atoms with Gasteiger partial charge in [0.2, 0.25) is 5.91 Å². The Kier molecular flexibility index (Phi) is 9.74. The fourth-order valence-corrected chi connectivity index (χ4v) is 3.50. The first-order chi connectivity index (χ1) is 14.0. The van der Waals surface area contributed by atoms with Crippen LogP contribution in [0.4, 0.5) is 5.82 Å². The second-order valence-corrected chi connectivity index (χ2v) is 8.17. The van der Waals surface area contributed by atoms with E-state index in [9.17, 15) is 4.79 Å². The SMILES string of the molecule is CN=C(NCCC(=O)N1CCN(c2ccccn2)CC1)NC(C)CCCC(C)C. The van der Waals surface area contributed by atoms with Crippen molar-refractivity contribution >= 4 is 17.7 Å². The van der Waals surface area contributed by atoms with Crippen molar-refractivity contribution in [1.29, 1.82) is 0 Å². The highest BCUT2D eigenvalue weighted by Crippen LogP contribution is 2.13. The van der Waals surface area contributed by atoms with Crippen LogP contribution in [-0.4, -0.2) is 67.6 Å². The molecule has 29 heavy (non-hydrogen) atoms. The normalized spacial score (nSPS) is 16.1. The van der Waals surface area contributed by atoms with Gasteiger partial charge in [-0.15, -0.1) is 0 Å². The summed E-state index contributed by atoms with van der Waals surface area (Å²) < 4.78 is 0. The van der Waals surface area contributed by atoms with E-state index < -0.39 is 0 Å². The van der Waals surface area contributed by atoms with Crippen LogP contribution in [0.5, 0.6) is 0 Å². The maximum absolute atomic E-state index is 12.5. The van der Waals surface area contributed by atoms with Crippen LogP contribution >= 0.6 is 0 Å². The van der Waals surface area contributed by atoms with E-state index >= 15 is 0 Å². The number of hydrogen-bond acceptors (Lipinski definition) is 4. The van der Waals surface area contributed by atoms with E-state index in [1.807, 2.05) is 29.3 Å². The number of hydrogen-bond donors (Lipinski definition) is 2. The lowest BCUT2D eigenvalue weighted by Crippen LogP contribution is -2.50. The van der Waals surface area contributed by atoms with Crippen LogP contribution in [0.1, 0.15) is 46.5 Å². The number of carbonyl (C=O) groups is 1. The molecule has 1 aliphatic heterocycles. The van der Waals surface area contributed by atoms with E-state index in [0.717, 1.165) is 50.3 Å². The Morgan fingerprint density at radius 3 is 2.55 bits per heavy atom.